The van der Waals surface area contributed by atoms with Crippen LogP contribution < -0.4 is 4.72 Å². The fourth-order valence-corrected chi connectivity index (χ4v) is 3.70. The quantitative estimate of drug-likeness (QED) is 0.936. The minimum atomic E-state index is -3.51. The first-order valence-corrected chi connectivity index (χ1v) is 8.04. The van der Waals surface area contributed by atoms with Crippen molar-refractivity contribution in [3.63, 3.8) is 0 Å². The summed E-state index contributed by atoms with van der Waals surface area (Å²) in [6, 6.07) is 5.26. The molecule has 0 bridgehead atoms. The Morgan fingerprint density at radius 1 is 1.21 bits per heavy atom. The van der Waals surface area contributed by atoms with Gasteiger partial charge in [0.15, 0.2) is 0 Å². The molecular weight excluding hydrogens is 282 g/mol. The van der Waals surface area contributed by atoms with Crippen LogP contribution in [0.5, 0.6) is 0 Å². The molecule has 0 aliphatic rings. The molecule has 0 spiro atoms. The first-order chi connectivity index (χ1) is 8.88. The van der Waals surface area contributed by atoms with Crippen LogP contribution in [0.1, 0.15) is 21.1 Å². The molecule has 1 aromatic carbocycles. The Labute approximate surface area is 116 Å². The summed E-state index contributed by atoms with van der Waals surface area (Å²) in [4.78, 5) is 0.305. The predicted molar refractivity (Wildman–Crippen MR) is 74.6 cm³/mol. The fraction of sp³-hybridized carbons (Fsp3) is 0.333. The molecule has 19 heavy (non-hydrogen) atoms. The van der Waals surface area contributed by atoms with E-state index in [2.05, 4.69) is 14.9 Å². The van der Waals surface area contributed by atoms with Crippen LogP contribution in [-0.4, -0.2) is 18.6 Å². The zero-order valence-corrected chi connectivity index (χ0v) is 12.6. The number of aromatic nitrogens is 2. The smallest absolute Gasteiger partial charge is 0.207 e. The topological polar surface area (TPSA) is 72.0 Å². The maximum atomic E-state index is 12.2. The molecule has 0 saturated heterocycles. The fourth-order valence-electron chi connectivity index (χ4n) is 1.74. The third kappa shape index (κ3) is 3.37. The Kier molecular flexibility index (Phi) is 3.98. The van der Waals surface area contributed by atoms with Gasteiger partial charge in [-0.05, 0) is 32.4 Å². The summed E-state index contributed by atoms with van der Waals surface area (Å²) in [5, 5.41) is 9.22. The number of sulfonamides is 1. The monoisotopic (exact) mass is 297 g/mol. The highest BCUT2D eigenvalue weighted by atomic mass is 32.2. The number of rotatable bonds is 4. The van der Waals surface area contributed by atoms with Gasteiger partial charge in [0, 0.05) is 0 Å². The van der Waals surface area contributed by atoms with Crippen molar-refractivity contribution in [3.8, 4) is 0 Å². The van der Waals surface area contributed by atoms with Crippen LogP contribution in [0.15, 0.2) is 23.1 Å². The third-order valence-electron chi connectivity index (χ3n) is 2.60. The zero-order valence-electron chi connectivity index (χ0n) is 11.0. The van der Waals surface area contributed by atoms with Gasteiger partial charge >= 0.3 is 0 Å². The molecular formula is C12H15N3O2S2. The van der Waals surface area contributed by atoms with Crippen LogP contribution in [0.25, 0.3) is 0 Å². The maximum absolute atomic E-state index is 12.2. The second-order valence-electron chi connectivity index (χ2n) is 4.31. The Morgan fingerprint density at radius 3 is 2.53 bits per heavy atom. The SMILES string of the molecule is Cc1ccc(S(=O)(=O)NCc2nnc(C)s2)c(C)c1. The van der Waals surface area contributed by atoms with Crippen LogP contribution in [0.2, 0.25) is 0 Å². The minimum absolute atomic E-state index is 0.168. The van der Waals surface area contributed by atoms with Crippen LogP contribution in [0, 0.1) is 20.8 Å². The van der Waals surface area contributed by atoms with Crippen LogP contribution in [0.3, 0.4) is 0 Å². The number of hydrogen-bond acceptors (Lipinski definition) is 5. The summed E-state index contributed by atoms with van der Waals surface area (Å²) in [6.45, 7) is 5.72. The van der Waals surface area contributed by atoms with E-state index in [1.54, 1.807) is 19.1 Å². The maximum Gasteiger partial charge on any atom is 0.241 e. The van der Waals surface area contributed by atoms with E-state index in [0.717, 1.165) is 16.1 Å². The van der Waals surface area contributed by atoms with Crippen molar-refractivity contribution < 1.29 is 8.42 Å². The summed E-state index contributed by atoms with van der Waals surface area (Å²) < 4.78 is 26.9. The van der Waals surface area contributed by atoms with E-state index in [9.17, 15) is 8.42 Å². The number of hydrogen-bond donors (Lipinski definition) is 1. The molecule has 1 N–H and O–H groups in total. The molecule has 0 atom stereocenters. The average Bonchev–Trinajstić information content (AvgIpc) is 2.72. The van der Waals surface area contributed by atoms with Gasteiger partial charge in [-0.3, -0.25) is 0 Å². The summed E-state index contributed by atoms with van der Waals surface area (Å²) in [7, 11) is -3.51. The van der Waals surface area contributed by atoms with Crippen LogP contribution >= 0.6 is 11.3 Å². The lowest BCUT2D eigenvalue weighted by Crippen LogP contribution is -2.24. The lowest BCUT2D eigenvalue weighted by molar-refractivity contribution is 0.580. The molecule has 0 fully saturated rings. The van der Waals surface area contributed by atoms with Crippen molar-refractivity contribution in [2.45, 2.75) is 32.2 Å². The molecule has 0 aliphatic heterocycles. The number of benzene rings is 1. The van der Waals surface area contributed by atoms with Gasteiger partial charge in [-0.25, -0.2) is 13.1 Å². The molecule has 5 nitrogen and oxygen atoms in total. The molecule has 2 aromatic rings. The average molecular weight is 297 g/mol. The summed E-state index contributed by atoms with van der Waals surface area (Å²) >= 11 is 1.38. The molecule has 7 heteroatoms. The van der Waals surface area contributed by atoms with E-state index in [4.69, 9.17) is 0 Å². The first-order valence-electron chi connectivity index (χ1n) is 5.74. The van der Waals surface area contributed by atoms with E-state index in [1.165, 1.54) is 11.3 Å². The number of nitrogens with zero attached hydrogens (tertiary/aromatic N) is 2. The molecule has 2 rings (SSSR count). The molecule has 0 amide bonds. The Hall–Kier alpha value is -1.31. The second-order valence-corrected chi connectivity index (χ2v) is 7.31. The summed E-state index contributed by atoms with van der Waals surface area (Å²) in [5.41, 5.74) is 1.78. The molecule has 1 heterocycles. The van der Waals surface area contributed by atoms with Gasteiger partial charge in [-0.15, -0.1) is 21.5 Å². The molecule has 0 saturated carbocycles. The highest BCUT2D eigenvalue weighted by molar-refractivity contribution is 7.89. The van der Waals surface area contributed by atoms with E-state index in [0.29, 0.717) is 9.90 Å². The molecule has 1 aromatic heterocycles. The van der Waals surface area contributed by atoms with Gasteiger partial charge in [-0.1, -0.05) is 17.7 Å². The second kappa shape index (κ2) is 5.36. The number of nitrogens with one attached hydrogen (secondary N) is 1. The van der Waals surface area contributed by atoms with E-state index in [-0.39, 0.29) is 6.54 Å². The lowest BCUT2D eigenvalue weighted by Gasteiger charge is -2.08. The largest absolute Gasteiger partial charge is 0.241 e. The van der Waals surface area contributed by atoms with Gasteiger partial charge in [0.25, 0.3) is 0 Å². The van der Waals surface area contributed by atoms with Crippen LogP contribution in [0.4, 0.5) is 0 Å². The van der Waals surface area contributed by atoms with Gasteiger partial charge in [0.2, 0.25) is 10.0 Å². The van der Waals surface area contributed by atoms with Crippen molar-refractivity contribution in [2.75, 3.05) is 0 Å². The van der Waals surface area contributed by atoms with Crippen molar-refractivity contribution in [2.24, 2.45) is 0 Å². The van der Waals surface area contributed by atoms with Crippen molar-refractivity contribution in [1.82, 2.24) is 14.9 Å². The van der Waals surface area contributed by atoms with Crippen molar-refractivity contribution in [3.05, 3.63) is 39.3 Å². The van der Waals surface area contributed by atoms with Gasteiger partial charge in [-0.2, -0.15) is 0 Å². The first kappa shape index (κ1) is 14.1. The Balaban J connectivity index is 2.18. The Morgan fingerprint density at radius 2 is 1.95 bits per heavy atom. The normalized spacial score (nSPS) is 11.7. The molecule has 102 valence electrons. The zero-order chi connectivity index (χ0) is 14.0. The molecule has 0 radical (unpaired) electrons. The highest BCUT2D eigenvalue weighted by Crippen LogP contribution is 2.17. The van der Waals surface area contributed by atoms with E-state index in [1.807, 2.05) is 19.9 Å². The minimum Gasteiger partial charge on any atom is -0.207 e. The van der Waals surface area contributed by atoms with Crippen molar-refractivity contribution in [1.29, 1.82) is 0 Å². The van der Waals surface area contributed by atoms with Gasteiger partial charge in [0.1, 0.15) is 10.0 Å². The van der Waals surface area contributed by atoms with Crippen molar-refractivity contribution >= 4 is 21.4 Å². The van der Waals surface area contributed by atoms with E-state index < -0.39 is 10.0 Å². The number of aryl methyl sites for hydroxylation is 3. The summed E-state index contributed by atoms with van der Waals surface area (Å²) in [6.07, 6.45) is 0. The lowest BCUT2D eigenvalue weighted by atomic mass is 10.2. The third-order valence-corrected chi connectivity index (χ3v) is 5.00. The Bertz CT molecular complexity index is 693. The summed E-state index contributed by atoms with van der Waals surface area (Å²) in [5.74, 6) is 0. The predicted octanol–water partition coefficient (Wildman–Crippen LogP) is 1.94. The highest BCUT2D eigenvalue weighted by Gasteiger charge is 2.17. The van der Waals surface area contributed by atoms with Crippen LogP contribution in [-0.2, 0) is 16.6 Å². The van der Waals surface area contributed by atoms with Gasteiger partial charge in [0.05, 0.1) is 11.4 Å². The van der Waals surface area contributed by atoms with Gasteiger partial charge < -0.3 is 0 Å². The molecule has 0 aliphatic carbocycles. The molecule has 0 unspecified atom stereocenters. The van der Waals surface area contributed by atoms with E-state index >= 15 is 0 Å². The standard InChI is InChI=1S/C12H15N3O2S2/c1-8-4-5-11(9(2)6-8)19(16,17)13-7-12-15-14-10(3)18-12/h4-6,13H,7H2,1-3H3.